The van der Waals surface area contributed by atoms with E-state index in [-0.39, 0.29) is 7.33 Å². The monoisotopic (exact) mass is 401 g/mol. The standard InChI is InChI=1S/C21H25N3OS2.H2/c25-19(12-26-20-24-22-13-27-20)23-18-3-1-17(2-4-18)21-6-5-14-7-15(10-21)9-16(8-14)11-21;/h1-4,13-16H,5-12H2,(H,23,25);1H. The Morgan fingerprint density at radius 3 is 2.63 bits per heavy atom. The van der Waals surface area contributed by atoms with Gasteiger partial charge < -0.3 is 5.32 Å². The molecule has 0 saturated heterocycles. The van der Waals surface area contributed by atoms with Crippen molar-refractivity contribution >= 4 is 34.7 Å². The van der Waals surface area contributed by atoms with E-state index in [1.165, 1.54) is 73.6 Å². The number of aromatic nitrogens is 2. The summed E-state index contributed by atoms with van der Waals surface area (Å²) in [6.07, 6.45) is 9.94. The van der Waals surface area contributed by atoms with Gasteiger partial charge in [0, 0.05) is 7.11 Å². The van der Waals surface area contributed by atoms with Crippen molar-refractivity contribution in [1.29, 1.82) is 0 Å². The van der Waals surface area contributed by atoms with Crippen LogP contribution in [-0.2, 0) is 10.2 Å². The fraction of sp³-hybridized carbons (Fsp3) is 0.571. The lowest BCUT2D eigenvalue weighted by molar-refractivity contribution is -0.113. The van der Waals surface area contributed by atoms with E-state index in [0.29, 0.717) is 11.2 Å². The highest BCUT2D eigenvalue weighted by atomic mass is 32.2. The number of rotatable bonds is 5. The van der Waals surface area contributed by atoms with E-state index >= 15 is 0 Å². The second-order valence-electron chi connectivity index (χ2n) is 8.65. The van der Waals surface area contributed by atoms with E-state index in [0.717, 1.165) is 27.8 Å². The lowest BCUT2D eigenvalue weighted by atomic mass is 9.59. The maximum atomic E-state index is 12.2. The van der Waals surface area contributed by atoms with Crippen LogP contribution in [0.25, 0.3) is 0 Å². The first-order valence-electron chi connectivity index (χ1n) is 9.98. The summed E-state index contributed by atoms with van der Waals surface area (Å²) < 4.78 is 0.832. The molecular weight excluding hydrogens is 374 g/mol. The van der Waals surface area contributed by atoms with Crippen molar-refractivity contribution in [3.63, 3.8) is 0 Å². The first-order chi connectivity index (χ1) is 13.2. The lowest BCUT2D eigenvalue weighted by Gasteiger charge is -2.45. The second kappa shape index (κ2) is 7.21. The van der Waals surface area contributed by atoms with E-state index in [2.05, 4.69) is 39.8 Å². The molecule has 1 amide bonds. The number of nitrogens with one attached hydrogen (secondary N) is 1. The number of hydrogen-bond donors (Lipinski definition) is 1. The zero-order valence-corrected chi connectivity index (χ0v) is 17.0. The first-order valence-corrected chi connectivity index (χ1v) is 11.8. The molecule has 1 aromatic carbocycles. The summed E-state index contributed by atoms with van der Waals surface area (Å²) in [5.41, 5.74) is 4.48. The minimum atomic E-state index is 0. The predicted octanol–water partition coefficient (Wildman–Crippen LogP) is 5.37. The molecule has 6 rings (SSSR count). The highest BCUT2D eigenvalue weighted by molar-refractivity contribution is 8.01. The van der Waals surface area contributed by atoms with Gasteiger partial charge in [-0.3, -0.25) is 4.79 Å². The average molecular weight is 402 g/mol. The smallest absolute Gasteiger partial charge is 0.234 e. The molecule has 1 N–H and O–H groups in total. The summed E-state index contributed by atoms with van der Waals surface area (Å²) in [4.78, 5) is 12.2. The van der Waals surface area contributed by atoms with Crippen LogP contribution in [0.3, 0.4) is 0 Å². The van der Waals surface area contributed by atoms with Gasteiger partial charge in [-0.2, -0.15) is 0 Å². The molecule has 6 heteroatoms. The Balaban J connectivity index is 0.00000192. The Morgan fingerprint density at radius 1 is 1.19 bits per heavy atom. The topological polar surface area (TPSA) is 54.9 Å². The molecule has 0 aliphatic heterocycles. The highest BCUT2D eigenvalue weighted by Crippen LogP contribution is 2.57. The minimum Gasteiger partial charge on any atom is -0.325 e. The normalized spacial score (nSPS) is 31.6. The third kappa shape index (κ3) is 3.66. The second-order valence-corrected chi connectivity index (χ2v) is 10.7. The van der Waals surface area contributed by atoms with E-state index in [1.54, 1.807) is 5.51 Å². The van der Waals surface area contributed by atoms with Crippen LogP contribution in [0.4, 0.5) is 5.69 Å². The summed E-state index contributed by atoms with van der Waals surface area (Å²) in [5.74, 6) is 3.26. The Labute approximate surface area is 170 Å². The van der Waals surface area contributed by atoms with Crippen LogP contribution in [0.1, 0.15) is 51.9 Å². The Hall–Kier alpha value is -1.40. The molecule has 4 aliphatic carbocycles. The van der Waals surface area contributed by atoms with E-state index in [9.17, 15) is 4.79 Å². The van der Waals surface area contributed by atoms with Crippen molar-refractivity contribution in [1.82, 2.24) is 10.2 Å². The van der Waals surface area contributed by atoms with Crippen LogP contribution in [0.2, 0.25) is 0 Å². The predicted molar refractivity (Wildman–Crippen MR) is 112 cm³/mol. The Morgan fingerprint density at radius 2 is 1.93 bits per heavy atom. The maximum Gasteiger partial charge on any atom is 0.234 e. The van der Waals surface area contributed by atoms with Crippen molar-refractivity contribution in [3.05, 3.63) is 35.3 Å². The van der Waals surface area contributed by atoms with E-state index in [1.807, 2.05) is 0 Å². The highest BCUT2D eigenvalue weighted by Gasteiger charge is 2.48. The van der Waals surface area contributed by atoms with Crippen molar-refractivity contribution in [2.45, 2.75) is 54.7 Å². The Kier molecular flexibility index (Phi) is 4.72. The largest absolute Gasteiger partial charge is 0.325 e. The zero-order valence-electron chi connectivity index (χ0n) is 15.4. The fourth-order valence-corrected chi connectivity index (χ4v) is 7.27. The molecule has 0 radical (unpaired) electrons. The maximum absolute atomic E-state index is 12.2. The van der Waals surface area contributed by atoms with Gasteiger partial charge in [0.15, 0.2) is 4.34 Å². The quantitative estimate of drug-likeness (QED) is 0.684. The van der Waals surface area contributed by atoms with Crippen LogP contribution in [0.15, 0.2) is 34.1 Å². The number of thioether (sulfide) groups is 1. The molecule has 2 unspecified atom stereocenters. The zero-order chi connectivity index (χ0) is 18.3. The van der Waals surface area contributed by atoms with Crippen LogP contribution < -0.4 is 5.32 Å². The van der Waals surface area contributed by atoms with Gasteiger partial charge in [-0.1, -0.05) is 35.2 Å². The molecule has 4 nitrogen and oxygen atoms in total. The average Bonchev–Trinajstić information content (AvgIpc) is 3.10. The van der Waals surface area contributed by atoms with Gasteiger partial charge in [-0.05, 0) is 85.8 Å². The Bertz CT molecular complexity index is 798. The molecule has 4 saturated carbocycles. The van der Waals surface area contributed by atoms with Gasteiger partial charge in [-0.25, -0.2) is 0 Å². The molecule has 2 aromatic rings. The molecule has 27 heavy (non-hydrogen) atoms. The minimum absolute atomic E-state index is 0. The summed E-state index contributed by atoms with van der Waals surface area (Å²) in [6, 6.07) is 8.74. The summed E-state index contributed by atoms with van der Waals surface area (Å²) in [5, 5.41) is 10.8. The molecule has 4 bridgehead atoms. The van der Waals surface area contributed by atoms with Gasteiger partial charge in [0.1, 0.15) is 5.51 Å². The third-order valence-corrected chi connectivity index (χ3v) is 8.70. The molecule has 4 aliphatic rings. The number of hydrogen-bond acceptors (Lipinski definition) is 5. The third-order valence-electron chi connectivity index (χ3n) is 6.84. The first kappa shape index (κ1) is 17.7. The number of benzene rings is 1. The number of fused-ring (bicyclic) bond motifs is 1. The van der Waals surface area contributed by atoms with Gasteiger partial charge in [0.05, 0.1) is 5.75 Å². The van der Waals surface area contributed by atoms with Crippen LogP contribution in [0, 0.1) is 17.8 Å². The summed E-state index contributed by atoms with van der Waals surface area (Å²) in [6.45, 7) is 0. The molecule has 144 valence electrons. The van der Waals surface area contributed by atoms with E-state index < -0.39 is 0 Å². The molecule has 2 atom stereocenters. The van der Waals surface area contributed by atoms with Crippen molar-refractivity contribution in [3.8, 4) is 0 Å². The van der Waals surface area contributed by atoms with Crippen molar-refractivity contribution < 1.29 is 6.22 Å². The number of anilines is 1. The number of nitrogens with zero attached hydrogens (tertiary/aromatic N) is 2. The number of carbonyl (C=O) groups excluding carboxylic acids is 1. The van der Waals surface area contributed by atoms with E-state index in [4.69, 9.17) is 0 Å². The van der Waals surface area contributed by atoms with Crippen molar-refractivity contribution in [2.75, 3.05) is 11.1 Å². The molecular formula is C21H27N3OS2. The van der Waals surface area contributed by atoms with Gasteiger partial charge >= 0.3 is 0 Å². The van der Waals surface area contributed by atoms with Gasteiger partial charge in [0.2, 0.25) is 5.91 Å². The van der Waals surface area contributed by atoms with Gasteiger partial charge in [0.25, 0.3) is 0 Å². The molecule has 1 heterocycles. The lowest BCUT2D eigenvalue weighted by Crippen LogP contribution is -2.37. The van der Waals surface area contributed by atoms with Crippen LogP contribution in [0.5, 0.6) is 0 Å². The van der Waals surface area contributed by atoms with Crippen LogP contribution >= 0.6 is 23.1 Å². The molecule has 0 spiro atoms. The number of amides is 1. The number of carbonyl (C=O) groups is 1. The fourth-order valence-electron chi connectivity index (χ4n) is 5.98. The van der Waals surface area contributed by atoms with Crippen LogP contribution in [-0.4, -0.2) is 21.9 Å². The van der Waals surface area contributed by atoms with Crippen molar-refractivity contribution in [2.24, 2.45) is 17.8 Å². The molecule has 1 aromatic heterocycles. The summed E-state index contributed by atoms with van der Waals surface area (Å²) in [7, 11) is 0. The summed E-state index contributed by atoms with van der Waals surface area (Å²) >= 11 is 2.89. The molecule has 4 fully saturated rings. The van der Waals surface area contributed by atoms with Gasteiger partial charge in [-0.15, -0.1) is 10.2 Å². The SMILES string of the molecule is O=C(CSc1nncs1)Nc1ccc(C23CCC4CC(CC(C4)C2)C3)cc1.[HH].